The van der Waals surface area contributed by atoms with Gasteiger partial charge in [-0.1, -0.05) is 37.3 Å². The summed E-state index contributed by atoms with van der Waals surface area (Å²) in [6.45, 7) is 4.73. The van der Waals surface area contributed by atoms with Crippen LogP contribution in [0, 0.1) is 0 Å². The van der Waals surface area contributed by atoms with Gasteiger partial charge in [0.1, 0.15) is 5.75 Å². The molecule has 0 saturated heterocycles. The van der Waals surface area contributed by atoms with Gasteiger partial charge in [0.2, 0.25) is 0 Å². The molecule has 0 atom stereocenters. The van der Waals surface area contributed by atoms with E-state index in [0.717, 1.165) is 6.42 Å². The average molecular weight is 476 g/mol. The third kappa shape index (κ3) is 7.89. The van der Waals surface area contributed by atoms with E-state index in [1.807, 2.05) is 38.1 Å². The Bertz CT molecular complexity index is 1150. The molecule has 3 aromatic carbocycles. The Kier molecular flexibility index (Phi) is 9.68. The van der Waals surface area contributed by atoms with Gasteiger partial charge >= 0.3 is 0 Å². The number of hydrazone groups is 1. The monoisotopic (exact) mass is 475 g/mol. The van der Waals surface area contributed by atoms with Gasteiger partial charge in [0, 0.05) is 16.8 Å². The van der Waals surface area contributed by atoms with Gasteiger partial charge < -0.3 is 19.5 Å². The van der Waals surface area contributed by atoms with Gasteiger partial charge in [-0.25, -0.2) is 5.43 Å². The Morgan fingerprint density at radius 2 is 1.63 bits per heavy atom. The molecule has 8 nitrogen and oxygen atoms in total. The van der Waals surface area contributed by atoms with Crippen molar-refractivity contribution < 1.29 is 23.8 Å². The lowest BCUT2D eigenvalue weighted by molar-refractivity contribution is -0.118. The van der Waals surface area contributed by atoms with Crippen LogP contribution in [0.3, 0.4) is 0 Å². The summed E-state index contributed by atoms with van der Waals surface area (Å²) < 4.78 is 16.9. The van der Waals surface area contributed by atoms with Crippen LogP contribution in [0.5, 0.6) is 17.2 Å². The second kappa shape index (κ2) is 13.4. The summed E-state index contributed by atoms with van der Waals surface area (Å²) in [5.41, 5.74) is 4.19. The van der Waals surface area contributed by atoms with E-state index in [1.54, 1.807) is 48.5 Å². The fourth-order valence-electron chi connectivity index (χ4n) is 3.05. The van der Waals surface area contributed by atoms with E-state index in [4.69, 9.17) is 14.2 Å². The lowest BCUT2D eigenvalue weighted by Gasteiger charge is -2.12. The summed E-state index contributed by atoms with van der Waals surface area (Å²) in [6.07, 6.45) is 2.33. The maximum atomic E-state index is 12.6. The predicted octanol–water partition coefficient (Wildman–Crippen LogP) is 4.66. The summed E-state index contributed by atoms with van der Waals surface area (Å²) in [4.78, 5) is 24.8. The molecule has 8 heteroatoms. The number of hydrogen-bond acceptors (Lipinski definition) is 6. The average Bonchev–Trinajstić information content (AvgIpc) is 2.88. The number of nitrogens with zero attached hydrogens (tertiary/aromatic N) is 1. The molecule has 0 fully saturated rings. The van der Waals surface area contributed by atoms with Crippen LogP contribution in [0.1, 0.15) is 36.2 Å². The summed E-state index contributed by atoms with van der Waals surface area (Å²) >= 11 is 0. The van der Waals surface area contributed by atoms with Gasteiger partial charge in [0.25, 0.3) is 11.8 Å². The zero-order valence-electron chi connectivity index (χ0n) is 19.8. The predicted molar refractivity (Wildman–Crippen MR) is 135 cm³/mol. The quantitative estimate of drug-likeness (QED) is 0.293. The van der Waals surface area contributed by atoms with Gasteiger partial charge in [-0.15, -0.1) is 0 Å². The van der Waals surface area contributed by atoms with Crippen molar-refractivity contribution in [3.8, 4) is 17.2 Å². The van der Waals surface area contributed by atoms with Crippen molar-refractivity contribution in [1.82, 2.24) is 5.43 Å². The van der Waals surface area contributed by atoms with E-state index in [0.29, 0.717) is 47.3 Å². The molecule has 3 aromatic rings. The molecule has 3 rings (SSSR count). The number of amides is 2. The fourth-order valence-corrected chi connectivity index (χ4v) is 3.05. The van der Waals surface area contributed by atoms with Crippen molar-refractivity contribution in [3.05, 3.63) is 83.9 Å². The van der Waals surface area contributed by atoms with Gasteiger partial charge in [-0.2, -0.15) is 5.10 Å². The molecular formula is C27H29N3O5. The zero-order chi connectivity index (χ0) is 24.9. The third-order valence-corrected chi connectivity index (χ3v) is 4.67. The minimum atomic E-state index is -0.398. The Labute approximate surface area is 204 Å². The van der Waals surface area contributed by atoms with Crippen LogP contribution in [-0.2, 0) is 4.79 Å². The maximum Gasteiger partial charge on any atom is 0.271 e. The van der Waals surface area contributed by atoms with Crippen LogP contribution in [0.25, 0.3) is 0 Å². The van der Waals surface area contributed by atoms with E-state index < -0.39 is 5.91 Å². The van der Waals surface area contributed by atoms with Gasteiger partial charge in [0.15, 0.2) is 18.1 Å². The molecule has 0 saturated carbocycles. The van der Waals surface area contributed by atoms with Crippen molar-refractivity contribution in [1.29, 1.82) is 0 Å². The van der Waals surface area contributed by atoms with Crippen molar-refractivity contribution in [2.75, 3.05) is 25.1 Å². The molecule has 182 valence electrons. The standard InChI is InChI=1S/C27H29N3O5/c1-3-16-34-24-15-14-20(17-25(24)33-4-2)27(32)30-28-18-21-10-8-9-13-23(21)35-19-26(31)29-22-11-6-5-7-12-22/h5-15,17-18H,3-4,16,19H2,1-2H3,(H,29,31)(H,30,32)/b28-18+. The summed E-state index contributed by atoms with van der Waals surface area (Å²) in [5, 5.41) is 6.81. The molecule has 0 spiro atoms. The second-order valence-corrected chi connectivity index (χ2v) is 7.38. The highest BCUT2D eigenvalue weighted by molar-refractivity contribution is 5.96. The minimum absolute atomic E-state index is 0.168. The van der Waals surface area contributed by atoms with E-state index in [9.17, 15) is 9.59 Å². The Hall–Kier alpha value is -4.33. The molecule has 0 aliphatic carbocycles. The van der Waals surface area contributed by atoms with E-state index in [-0.39, 0.29) is 12.5 Å². The SMILES string of the molecule is CCCOc1ccc(C(=O)N/N=C/c2ccccc2OCC(=O)Nc2ccccc2)cc1OCC. The van der Waals surface area contributed by atoms with E-state index in [1.165, 1.54) is 6.21 Å². The van der Waals surface area contributed by atoms with E-state index in [2.05, 4.69) is 15.8 Å². The zero-order valence-corrected chi connectivity index (χ0v) is 19.8. The van der Waals surface area contributed by atoms with Crippen molar-refractivity contribution in [3.63, 3.8) is 0 Å². The van der Waals surface area contributed by atoms with Crippen LogP contribution in [0.4, 0.5) is 5.69 Å². The fraction of sp³-hybridized carbons (Fsp3) is 0.222. The molecule has 2 N–H and O–H groups in total. The van der Waals surface area contributed by atoms with Gasteiger partial charge in [-0.05, 0) is 55.8 Å². The van der Waals surface area contributed by atoms with Crippen LogP contribution in [0.2, 0.25) is 0 Å². The summed E-state index contributed by atoms with van der Waals surface area (Å²) in [6, 6.07) is 21.2. The molecule has 0 aliphatic heterocycles. The number of nitrogens with one attached hydrogen (secondary N) is 2. The molecule has 35 heavy (non-hydrogen) atoms. The largest absolute Gasteiger partial charge is 0.490 e. The lowest BCUT2D eigenvalue weighted by atomic mass is 10.2. The first-order valence-electron chi connectivity index (χ1n) is 11.4. The molecule has 2 amide bonds. The first-order valence-corrected chi connectivity index (χ1v) is 11.4. The lowest BCUT2D eigenvalue weighted by Crippen LogP contribution is -2.20. The summed E-state index contributed by atoms with van der Waals surface area (Å²) in [5.74, 6) is 0.878. The number of ether oxygens (including phenoxy) is 3. The number of carbonyl (C=O) groups is 2. The van der Waals surface area contributed by atoms with Crippen molar-refractivity contribution >= 4 is 23.7 Å². The minimum Gasteiger partial charge on any atom is -0.490 e. The smallest absolute Gasteiger partial charge is 0.271 e. The molecular weight excluding hydrogens is 446 g/mol. The molecule has 0 bridgehead atoms. The number of hydrogen-bond donors (Lipinski definition) is 2. The number of para-hydroxylation sites is 2. The molecule has 0 unspecified atom stereocenters. The Balaban J connectivity index is 1.60. The van der Waals surface area contributed by atoms with Crippen LogP contribution in [0.15, 0.2) is 77.9 Å². The number of carbonyl (C=O) groups excluding carboxylic acids is 2. The highest BCUT2D eigenvalue weighted by Gasteiger charge is 2.12. The van der Waals surface area contributed by atoms with Crippen LogP contribution < -0.4 is 25.0 Å². The maximum absolute atomic E-state index is 12.6. The van der Waals surface area contributed by atoms with Gasteiger partial charge in [-0.3, -0.25) is 9.59 Å². The van der Waals surface area contributed by atoms with E-state index >= 15 is 0 Å². The summed E-state index contributed by atoms with van der Waals surface area (Å²) in [7, 11) is 0. The third-order valence-electron chi connectivity index (χ3n) is 4.67. The number of benzene rings is 3. The highest BCUT2D eigenvalue weighted by atomic mass is 16.5. The van der Waals surface area contributed by atoms with Crippen molar-refractivity contribution in [2.45, 2.75) is 20.3 Å². The molecule has 0 radical (unpaired) electrons. The Morgan fingerprint density at radius 3 is 2.40 bits per heavy atom. The Morgan fingerprint density at radius 1 is 0.857 bits per heavy atom. The normalized spacial score (nSPS) is 10.6. The van der Waals surface area contributed by atoms with Crippen LogP contribution in [-0.4, -0.2) is 37.8 Å². The van der Waals surface area contributed by atoms with Crippen molar-refractivity contribution in [2.24, 2.45) is 5.10 Å². The van der Waals surface area contributed by atoms with Gasteiger partial charge in [0.05, 0.1) is 19.4 Å². The first kappa shape index (κ1) is 25.3. The van der Waals surface area contributed by atoms with Crippen LogP contribution >= 0.6 is 0 Å². The number of anilines is 1. The second-order valence-electron chi connectivity index (χ2n) is 7.38. The molecule has 0 heterocycles. The number of rotatable bonds is 12. The first-order chi connectivity index (χ1) is 17.1. The molecule has 0 aromatic heterocycles. The highest BCUT2D eigenvalue weighted by Crippen LogP contribution is 2.28. The topological polar surface area (TPSA) is 98.3 Å². The molecule has 0 aliphatic rings.